The Morgan fingerprint density at radius 1 is 1.03 bits per heavy atom. The summed E-state index contributed by atoms with van der Waals surface area (Å²) in [5, 5.41) is 0. The molecule has 0 bridgehead atoms. The van der Waals surface area contributed by atoms with E-state index >= 15 is 0 Å². The topological polar surface area (TPSA) is 104 Å². The lowest BCUT2D eigenvalue weighted by Gasteiger charge is -2.35. The number of carbonyl (C=O) groups is 1. The van der Waals surface area contributed by atoms with Crippen LogP contribution in [0.25, 0.3) is 0 Å². The third-order valence-electron chi connectivity index (χ3n) is 5.82. The maximum Gasteiger partial charge on any atom is 0.262 e. The van der Waals surface area contributed by atoms with Gasteiger partial charge in [0.2, 0.25) is 10.0 Å². The molecule has 10 heteroatoms. The summed E-state index contributed by atoms with van der Waals surface area (Å²) in [6.45, 7) is 4.33. The van der Waals surface area contributed by atoms with Gasteiger partial charge in [0.05, 0.1) is 22.4 Å². The summed E-state index contributed by atoms with van der Waals surface area (Å²) < 4.78 is 53.6. The van der Waals surface area contributed by atoms with Gasteiger partial charge in [0, 0.05) is 26.2 Å². The Bertz CT molecular complexity index is 1220. The third kappa shape index (κ3) is 5.31. The van der Waals surface area contributed by atoms with E-state index in [2.05, 4.69) is 4.72 Å². The minimum atomic E-state index is -3.88. The van der Waals surface area contributed by atoms with E-state index in [-0.39, 0.29) is 28.1 Å². The molecule has 2 aromatic carbocycles. The zero-order valence-corrected chi connectivity index (χ0v) is 20.3. The molecule has 1 saturated heterocycles. The van der Waals surface area contributed by atoms with Crippen molar-refractivity contribution in [2.75, 3.05) is 31.1 Å². The van der Waals surface area contributed by atoms with Crippen LogP contribution < -0.4 is 4.72 Å². The average Bonchev–Trinajstić information content (AvgIpc) is 2.74. The molecule has 1 N–H and O–H groups in total. The Labute approximate surface area is 190 Å². The Morgan fingerprint density at radius 3 is 2.28 bits per heavy atom. The van der Waals surface area contributed by atoms with Crippen LogP contribution in [0, 0.1) is 13.8 Å². The van der Waals surface area contributed by atoms with Crippen LogP contribution in [-0.4, -0.2) is 64.4 Å². The minimum Gasteiger partial charge on any atom is -0.338 e. The fraction of sp³-hybridized carbons (Fsp3) is 0.409. The zero-order chi connectivity index (χ0) is 23.7. The van der Waals surface area contributed by atoms with Crippen LogP contribution in [-0.2, 0) is 20.0 Å². The Balaban J connectivity index is 1.80. The number of carbonyl (C=O) groups excluding carboxylic acids is 1. The molecular weight excluding hydrogens is 450 g/mol. The Hall–Kier alpha value is -2.43. The van der Waals surface area contributed by atoms with Crippen LogP contribution in [0.2, 0.25) is 0 Å². The molecule has 0 radical (unpaired) electrons. The number of nitrogens with one attached hydrogen (secondary N) is 1. The van der Waals surface area contributed by atoms with Crippen molar-refractivity contribution in [2.45, 2.75) is 37.6 Å². The molecule has 2 aromatic rings. The van der Waals surface area contributed by atoms with Gasteiger partial charge >= 0.3 is 0 Å². The van der Waals surface area contributed by atoms with Crippen molar-refractivity contribution >= 4 is 31.6 Å². The normalized spacial score (nSPS) is 15.7. The van der Waals surface area contributed by atoms with Gasteiger partial charge < -0.3 is 4.90 Å². The lowest BCUT2D eigenvalue weighted by molar-refractivity contribution is 0.0687. The Kier molecular flexibility index (Phi) is 6.97. The number of hydrogen-bond acceptors (Lipinski definition) is 5. The predicted molar refractivity (Wildman–Crippen MR) is 125 cm³/mol. The first-order valence-electron chi connectivity index (χ1n) is 10.3. The number of amides is 1. The summed E-state index contributed by atoms with van der Waals surface area (Å²) in [5.74, 6) is -0.287. The fourth-order valence-corrected chi connectivity index (χ4v) is 5.99. The van der Waals surface area contributed by atoms with Crippen molar-refractivity contribution in [1.82, 2.24) is 9.21 Å². The molecule has 32 heavy (non-hydrogen) atoms. The van der Waals surface area contributed by atoms with Crippen molar-refractivity contribution in [3.63, 3.8) is 0 Å². The molecule has 0 spiro atoms. The molecule has 3 rings (SSSR count). The van der Waals surface area contributed by atoms with Gasteiger partial charge in [-0.25, -0.2) is 21.1 Å². The predicted octanol–water partition coefficient (Wildman–Crippen LogP) is 2.60. The van der Waals surface area contributed by atoms with Gasteiger partial charge in [-0.2, -0.15) is 0 Å². The van der Waals surface area contributed by atoms with Gasteiger partial charge in [-0.05, 0) is 56.0 Å². The molecule has 8 nitrogen and oxygen atoms in total. The van der Waals surface area contributed by atoms with E-state index in [9.17, 15) is 21.6 Å². The standard InChI is InChI=1S/C22H29N3O5S2/c1-16-9-10-17(2)21(15-16)32(29,30)23-20-8-6-5-7-19(20)22(26)25-13-11-18(12-14-25)24(3)31(4,27)28/h5-10,15,18,23H,11-14H2,1-4H3. The van der Waals surface area contributed by atoms with Crippen molar-refractivity contribution in [3.05, 3.63) is 59.2 Å². The molecule has 0 saturated carbocycles. The molecule has 174 valence electrons. The first-order chi connectivity index (χ1) is 14.9. The number of piperidine rings is 1. The molecule has 0 unspecified atom stereocenters. The second-order valence-corrected chi connectivity index (χ2v) is 11.9. The van der Waals surface area contributed by atoms with Crippen molar-refractivity contribution in [2.24, 2.45) is 0 Å². The number of rotatable bonds is 6. The van der Waals surface area contributed by atoms with Gasteiger partial charge in [-0.1, -0.05) is 24.3 Å². The number of nitrogens with zero attached hydrogens (tertiary/aromatic N) is 2. The van der Waals surface area contributed by atoms with E-state index in [0.29, 0.717) is 31.5 Å². The van der Waals surface area contributed by atoms with Crippen LogP contribution in [0.4, 0.5) is 5.69 Å². The number of likely N-dealkylation sites (tertiary alicyclic amines) is 1. The van der Waals surface area contributed by atoms with Gasteiger partial charge in [-0.15, -0.1) is 0 Å². The number of para-hydroxylation sites is 1. The second kappa shape index (κ2) is 9.21. The molecule has 1 heterocycles. The fourth-order valence-electron chi connectivity index (χ4n) is 3.83. The van der Waals surface area contributed by atoms with Crippen LogP contribution in [0.15, 0.2) is 47.4 Å². The van der Waals surface area contributed by atoms with Gasteiger partial charge in [0.15, 0.2) is 0 Å². The summed E-state index contributed by atoms with van der Waals surface area (Å²) in [7, 11) is -5.63. The van der Waals surface area contributed by atoms with Gasteiger partial charge in [0.1, 0.15) is 0 Å². The van der Waals surface area contributed by atoms with E-state index in [0.717, 1.165) is 5.56 Å². The molecule has 1 amide bonds. The van der Waals surface area contributed by atoms with Crippen molar-refractivity contribution in [3.8, 4) is 0 Å². The zero-order valence-electron chi connectivity index (χ0n) is 18.7. The molecule has 1 aliphatic rings. The van der Waals surface area contributed by atoms with Crippen LogP contribution in [0.5, 0.6) is 0 Å². The molecule has 1 aliphatic heterocycles. The maximum atomic E-state index is 13.2. The highest BCUT2D eigenvalue weighted by Gasteiger charge is 2.30. The molecule has 0 atom stereocenters. The van der Waals surface area contributed by atoms with Crippen molar-refractivity contribution < 1.29 is 21.6 Å². The summed E-state index contributed by atoms with van der Waals surface area (Å²) in [6.07, 6.45) is 2.21. The minimum absolute atomic E-state index is 0.160. The number of hydrogen-bond donors (Lipinski definition) is 1. The second-order valence-electron chi connectivity index (χ2n) is 8.22. The van der Waals surface area contributed by atoms with E-state index < -0.39 is 20.0 Å². The van der Waals surface area contributed by atoms with Gasteiger partial charge in [0.25, 0.3) is 15.9 Å². The van der Waals surface area contributed by atoms with Crippen LogP contribution in [0.3, 0.4) is 0 Å². The van der Waals surface area contributed by atoms with E-state index in [1.165, 1.54) is 10.6 Å². The highest BCUT2D eigenvalue weighted by Crippen LogP contribution is 2.26. The number of benzene rings is 2. The smallest absolute Gasteiger partial charge is 0.262 e. The summed E-state index contributed by atoms with van der Waals surface area (Å²) in [6, 6.07) is 11.6. The van der Waals surface area contributed by atoms with Crippen molar-refractivity contribution in [1.29, 1.82) is 0 Å². The van der Waals surface area contributed by atoms with E-state index in [1.54, 1.807) is 55.3 Å². The van der Waals surface area contributed by atoms with Crippen LogP contribution >= 0.6 is 0 Å². The summed E-state index contributed by atoms with van der Waals surface area (Å²) in [5.41, 5.74) is 1.91. The number of aryl methyl sites for hydroxylation is 2. The number of anilines is 1. The monoisotopic (exact) mass is 479 g/mol. The SMILES string of the molecule is Cc1ccc(C)c(S(=O)(=O)Nc2ccccc2C(=O)N2CCC(N(C)S(C)(=O)=O)CC2)c1. The molecule has 1 fully saturated rings. The summed E-state index contributed by atoms with van der Waals surface area (Å²) >= 11 is 0. The highest BCUT2D eigenvalue weighted by molar-refractivity contribution is 7.92. The molecule has 0 aliphatic carbocycles. The molecule has 0 aromatic heterocycles. The van der Waals surface area contributed by atoms with E-state index in [4.69, 9.17) is 0 Å². The third-order valence-corrected chi connectivity index (χ3v) is 8.68. The van der Waals surface area contributed by atoms with E-state index in [1.807, 2.05) is 13.0 Å². The first-order valence-corrected chi connectivity index (χ1v) is 13.6. The quantitative estimate of drug-likeness (QED) is 0.686. The highest BCUT2D eigenvalue weighted by atomic mass is 32.2. The number of sulfonamides is 2. The van der Waals surface area contributed by atoms with Crippen LogP contribution in [0.1, 0.15) is 34.3 Å². The largest absolute Gasteiger partial charge is 0.338 e. The summed E-state index contributed by atoms with van der Waals surface area (Å²) in [4.78, 5) is 15.0. The Morgan fingerprint density at radius 2 is 1.66 bits per heavy atom. The average molecular weight is 480 g/mol. The lowest BCUT2D eigenvalue weighted by Crippen LogP contribution is -2.47. The first kappa shape index (κ1) is 24.2. The maximum absolute atomic E-state index is 13.2. The molecular formula is C22H29N3O5S2. The van der Waals surface area contributed by atoms with Gasteiger partial charge in [-0.3, -0.25) is 9.52 Å². The lowest BCUT2D eigenvalue weighted by atomic mass is 10.0.